The Labute approximate surface area is 121 Å². The van der Waals surface area contributed by atoms with E-state index in [1.54, 1.807) is 13.1 Å². The molecular formula is C15H15FN2O3. The molecule has 0 unspecified atom stereocenters. The van der Waals surface area contributed by atoms with Crippen molar-refractivity contribution in [1.82, 2.24) is 5.32 Å². The first kappa shape index (κ1) is 14.9. The molecule has 0 heterocycles. The second-order valence-corrected chi connectivity index (χ2v) is 4.62. The smallest absolute Gasteiger partial charge is 0.272 e. The minimum Gasteiger partial charge on any atom is -0.454 e. The number of hydrogen-bond donors (Lipinski definition) is 1. The van der Waals surface area contributed by atoms with Crippen molar-refractivity contribution in [3.05, 3.63) is 63.5 Å². The van der Waals surface area contributed by atoms with E-state index in [4.69, 9.17) is 4.74 Å². The fourth-order valence-corrected chi connectivity index (χ4v) is 1.94. The zero-order chi connectivity index (χ0) is 15.4. The third-order valence-electron chi connectivity index (χ3n) is 2.93. The summed E-state index contributed by atoms with van der Waals surface area (Å²) >= 11 is 0. The van der Waals surface area contributed by atoms with Crippen LogP contribution in [0.25, 0.3) is 0 Å². The Balaban J connectivity index is 2.32. The summed E-state index contributed by atoms with van der Waals surface area (Å²) in [7, 11) is 1.80. The Morgan fingerprint density at radius 1 is 1.24 bits per heavy atom. The van der Waals surface area contributed by atoms with Gasteiger partial charge >= 0.3 is 0 Å². The Hall–Kier alpha value is -2.47. The van der Waals surface area contributed by atoms with Crippen LogP contribution < -0.4 is 10.1 Å². The van der Waals surface area contributed by atoms with Gasteiger partial charge in [0.05, 0.1) is 11.0 Å². The van der Waals surface area contributed by atoms with Gasteiger partial charge in [-0.3, -0.25) is 10.1 Å². The lowest BCUT2D eigenvalue weighted by Crippen LogP contribution is -2.07. The van der Waals surface area contributed by atoms with Crippen molar-refractivity contribution in [3.8, 4) is 11.5 Å². The van der Waals surface area contributed by atoms with E-state index in [1.165, 1.54) is 12.1 Å². The summed E-state index contributed by atoms with van der Waals surface area (Å²) in [6, 6.07) is 8.87. The summed E-state index contributed by atoms with van der Waals surface area (Å²) < 4.78 is 19.4. The molecule has 0 aliphatic rings. The summed E-state index contributed by atoms with van der Waals surface area (Å²) in [5.74, 6) is -0.287. The highest BCUT2D eigenvalue weighted by atomic mass is 19.1. The predicted molar refractivity (Wildman–Crippen MR) is 77.1 cm³/mol. The molecule has 5 nitrogen and oxygen atoms in total. The molecule has 0 saturated carbocycles. The SMILES string of the molecule is CNCc1cc(C)ccc1Oc1ccc([N+](=O)[O-])cc1F. The first-order valence-electron chi connectivity index (χ1n) is 6.37. The largest absolute Gasteiger partial charge is 0.454 e. The normalized spacial score (nSPS) is 10.4. The molecule has 0 aliphatic heterocycles. The number of rotatable bonds is 5. The molecule has 0 aliphatic carbocycles. The lowest BCUT2D eigenvalue weighted by molar-refractivity contribution is -0.385. The molecule has 6 heteroatoms. The number of nitro benzene ring substituents is 1. The second kappa shape index (κ2) is 6.32. The Bertz CT molecular complexity index is 674. The zero-order valence-corrected chi connectivity index (χ0v) is 11.7. The van der Waals surface area contributed by atoms with E-state index in [1.807, 2.05) is 19.1 Å². The van der Waals surface area contributed by atoms with Gasteiger partial charge in [-0.2, -0.15) is 0 Å². The van der Waals surface area contributed by atoms with Gasteiger partial charge in [-0.15, -0.1) is 0 Å². The van der Waals surface area contributed by atoms with Crippen molar-refractivity contribution >= 4 is 5.69 Å². The molecule has 1 N–H and O–H groups in total. The molecule has 0 aromatic heterocycles. The fourth-order valence-electron chi connectivity index (χ4n) is 1.94. The zero-order valence-electron chi connectivity index (χ0n) is 11.7. The van der Waals surface area contributed by atoms with E-state index < -0.39 is 10.7 Å². The lowest BCUT2D eigenvalue weighted by atomic mass is 10.1. The molecule has 0 bridgehead atoms. The molecule has 0 fully saturated rings. The molecule has 0 radical (unpaired) electrons. The first-order valence-corrected chi connectivity index (χ1v) is 6.37. The minimum absolute atomic E-state index is 0.0400. The van der Waals surface area contributed by atoms with Crippen LogP contribution in [0.15, 0.2) is 36.4 Å². The summed E-state index contributed by atoms with van der Waals surface area (Å²) in [5, 5.41) is 13.6. The number of hydrogen-bond acceptors (Lipinski definition) is 4. The van der Waals surface area contributed by atoms with Gasteiger partial charge in [0.25, 0.3) is 5.69 Å². The molecular weight excluding hydrogens is 275 g/mol. The average Bonchev–Trinajstić information content (AvgIpc) is 2.43. The molecule has 2 aromatic rings. The lowest BCUT2D eigenvalue weighted by Gasteiger charge is -2.12. The van der Waals surface area contributed by atoms with Gasteiger partial charge in [0.2, 0.25) is 0 Å². The van der Waals surface area contributed by atoms with Gasteiger partial charge in [-0.1, -0.05) is 17.7 Å². The molecule has 0 saturated heterocycles. The molecule has 2 rings (SSSR count). The van der Waals surface area contributed by atoms with E-state index in [2.05, 4.69) is 5.32 Å². The Morgan fingerprint density at radius 2 is 1.95 bits per heavy atom. The molecule has 0 atom stereocenters. The van der Waals surface area contributed by atoms with E-state index in [-0.39, 0.29) is 11.4 Å². The van der Waals surface area contributed by atoms with Crippen molar-refractivity contribution < 1.29 is 14.1 Å². The maximum absolute atomic E-state index is 13.8. The molecule has 0 amide bonds. The van der Waals surface area contributed by atoms with E-state index in [0.717, 1.165) is 17.2 Å². The maximum Gasteiger partial charge on any atom is 0.272 e. The van der Waals surface area contributed by atoms with Crippen LogP contribution in [-0.4, -0.2) is 12.0 Å². The fraction of sp³-hybridized carbons (Fsp3) is 0.200. The number of nitro groups is 1. The van der Waals surface area contributed by atoms with Crippen LogP contribution in [0, 0.1) is 22.9 Å². The van der Waals surface area contributed by atoms with Crippen LogP contribution in [0.4, 0.5) is 10.1 Å². The third kappa shape index (κ3) is 3.55. The van der Waals surface area contributed by atoms with Crippen LogP contribution in [0.3, 0.4) is 0 Å². The summed E-state index contributed by atoms with van der Waals surface area (Å²) in [5.41, 5.74) is 1.64. The topological polar surface area (TPSA) is 64.4 Å². The first-order chi connectivity index (χ1) is 10.0. The maximum atomic E-state index is 13.8. The highest BCUT2D eigenvalue weighted by Gasteiger charge is 2.13. The number of halogens is 1. The number of nitrogens with zero attached hydrogens (tertiary/aromatic N) is 1. The van der Waals surface area contributed by atoms with Crippen LogP contribution in [-0.2, 0) is 6.54 Å². The monoisotopic (exact) mass is 290 g/mol. The summed E-state index contributed by atoms with van der Waals surface area (Å²) in [4.78, 5) is 9.94. The van der Waals surface area contributed by atoms with Gasteiger partial charge in [0, 0.05) is 18.2 Å². The third-order valence-corrected chi connectivity index (χ3v) is 2.93. The van der Waals surface area contributed by atoms with Gasteiger partial charge in [-0.05, 0) is 26.1 Å². The van der Waals surface area contributed by atoms with Gasteiger partial charge in [-0.25, -0.2) is 4.39 Å². The number of ether oxygens (including phenoxy) is 1. The quantitative estimate of drug-likeness (QED) is 0.675. The van der Waals surface area contributed by atoms with Crippen LogP contribution in [0.1, 0.15) is 11.1 Å². The number of non-ortho nitro benzene ring substituents is 1. The Kier molecular flexibility index (Phi) is 4.49. The minimum atomic E-state index is -0.764. The standard InChI is InChI=1S/C15H15FN2O3/c1-10-3-5-14(11(7-10)9-17-2)21-15-6-4-12(18(19)20)8-13(15)16/h3-8,17H,9H2,1-2H3. The number of benzene rings is 2. The van der Waals surface area contributed by atoms with E-state index in [9.17, 15) is 14.5 Å². The van der Waals surface area contributed by atoms with Crippen molar-refractivity contribution in [2.45, 2.75) is 13.5 Å². The number of aryl methyl sites for hydroxylation is 1. The number of nitrogens with one attached hydrogen (secondary N) is 1. The van der Waals surface area contributed by atoms with Gasteiger partial charge in [0.15, 0.2) is 11.6 Å². The molecule has 21 heavy (non-hydrogen) atoms. The molecule has 0 spiro atoms. The summed E-state index contributed by atoms with van der Waals surface area (Å²) in [6.07, 6.45) is 0. The highest BCUT2D eigenvalue weighted by Crippen LogP contribution is 2.30. The molecule has 2 aromatic carbocycles. The van der Waals surface area contributed by atoms with E-state index >= 15 is 0 Å². The van der Waals surface area contributed by atoms with Crippen LogP contribution >= 0.6 is 0 Å². The van der Waals surface area contributed by atoms with Crippen LogP contribution in [0.5, 0.6) is 11.5 Å². The van der Waals surface area contributed by atoms with Crippen molar-refractivity contribution in [2.24, 2.45) is 0 Å². The summed E-state index contributed by atoms with van der Waals surface area (Å²) in [6.45, 7) is 2.53. The highest BCUT2D eigenvalue weighted by molar-refractivity contribution is 5.43. The van der Waals surface area contributed by atoms with E-state index in [0.29, 0.717) is 12.3 Å². The van der Waals surface area contributed by atoms with Crippen molar-refractivity contribution in [1.29, 1.82) is 0 Å². The van der Waals surface area contributed by atoms with Gasteiger partial charge < -0.3 is 10.1 Å². The van der Waals surface area contributed by atoms with Crippen molar-refractivity contribution in [3.63, 3.8) is 0 Å². The van der Waals surface area contributed by atoms with Crippen molar-refractivity contribution in [2.75, 3.05) is 7.05 Å². The molecule has 110 valence electrons. The predicted octanol–water partition coefficient (Wildman–Crippen LogP) is 3.55. The van der Waals surface area contributed by atoms with Gasteiger partial charge in [0.1, 0.15) is 5.75 Å². The van der Waals surface area contributed by atoms with Crippen LogP contribution in [0.2, 0.25) is 0 Å². The average molecular weight is 290 g/mol. The Morgan fingerprint density at radius 3 is 2.57 bits per heavy atom. The second-order valence-electron chi connectivity index (χ2n) is 4.62.